The molecule has 18 heavy (non-hydrogen) atoms. The number of hydrogen-bond acceptors (Lipinski definition) is 4. The highest BCUT2D eigenvalue weighted by molar-refractivity contribution is 5.87. The Hall–Kier alpha value is -1.92. The Labute approximate surface area is 105 Å². The van der Waals surface area contributed by atoms with Crippen LogP contribution in [-0.2, 0) is 14.3 Å². The molecular weight excluding hydrogens is 236 g/mol. The van der Waals surface area contributed by atoms with E-state index in [9.17, 15) is 9.59 Å². The van der Waals surface area contributed by atoms with Gasteiger partial charge >= 0.3 is 5.97 Å². The van der Waals surface area contributed by atoms with Crippen molar-refractivity contribution in [3.8, 4) is 0 Å². The number of nitrogens with one attached hydrogen (secondary N) is 1. The summed E-state index contributed by atoms with van der Waals surface area (Å²) in [5, 5.41) is 11.5. The van der Waals surface area contributed by atoms with Gasteiger partial charge in [-0.3, -0.25) is 4.79 Å². The lowest BCUT2D eigenvalue weighted by molar-refractivity contribution is -0.144. The molecule has 1 rings (SSSR count). The average Bonchev–Trinajstić information content (AvgIpc) is 2.38. The quantitative estimate of drug-likeness (QED) is 0.656. The van der Waals surface area contributed by atoms with Crippen molar-refractivity contribution in [2.45, 2.75) is 12.1 Å². The highest BCUT2D eigenvalue weighted by atomic mass is 16.5. The van der Waals surface area contributed by atoms with E-state index in [1.807, 2.05) is 0 Å². The number of rotatable bonds is 6. The van der Waals surface area contributed by atoms with Gasteiger partial charge in [-0.25, -0.2) is 4.79 Å². The van der Waals surface area contributed by atoms with E-state index in [0.29, 0.717) is 5.56 Å². The van der Waals surface area contributed by atoms with Crippen molar-refractivity contribution < 1.29 is 19.4 Å². The van der Waals surface area contributed by atoms with Gasteiger partial charge in [0, 0.05) is 13.7 Å². The van der Waals surface area contributed by atoms with E-state index >= 15 is 0 Å². The molecule has 0 aliphatic heterocycles. The fraction of sp³-hybridized carbons (Fsp3) is 0.333. The third-order valence-electron chi connectivity index (χ3n) is 2.46. The Balaban J connectivity index is 2.82. The number of carboxylic acids is 1. The summed E-state index contributed by atoms with van der Waals surface area (Å²) in [4.78, 5) is 22.9. The summed E-state index contributed by atoms with van der Waals surface area (Å²) in [5.41, 5.74) is 5.83. The monoisotopic (exact) mass is 252 g/mol. The first kappa shape index (κ1) is 14.1. The molecule has 4 N–H and O–H groups in total. The molecule has 0 aliphatic carbocycles. The van der Waals surface area contributed by atoms with Crippen LogP contribution in [0.15, 0.2) is 30.3 Å². The second kappa shape index (κ2) is 6.73. The molecule has 1 amide bonds. The third-order valence-corrected chi connectivity index (χ3v) is 2.46. The van der Waals surface area contributed by atoms with Crippen LogP contribution in [0, 0.1) is 0 Å². The van der Waals surface area contributed by atoms with Gasteiger partial charge in [0.05, 0.1) is 0 Å². The molecule has 0 saturated heterocycles. The third kappa shape index (κ3) is 3.54. The van der Waals surface area contributed by atoms with Crippen LogP contribution in [-0.4, -0.2) is 36.7 Å². The molecule has 0 bridgehead atoms. The first-order chi connectivity index (χ1) is 8.60. The molecule has 6 heteroatoms. The van der Waals surface area contributed by atoms with Gasteiger partial charge in [0.1, 0.15) is 6.10 Å². The van der Waals surface area contributed by atoms with Gasteiger partial charge in [0.15, 0.2) is 6.04 Å². The largest absolute Gasteiger partial charge is 0.479 e. The zero-order valence-corrected chi connectivity index (χ0v) is 10.00. The minimum Gasteiger partial charge on any atom is -0.479 e. The van der Waals surface area contributed by atoms with Crippen LogP contribution in [0.3, 0.4) is 0 Å². The van der Waals surface area contributed by atoms with Crippen molar-refractivity contribution in [2.24, 2.45) is 5.73 Å². The topological polar surface area (TPSA) is 102 Å². The predicted octanol–water partition coefficient (Wildman–Crippen LogP) is -0.0978. The second-order valence-electron chi connectivity index (χ2n) is 3.65. The zero-order valence-electron chi connectivity index (χ0n) is 10.00. The van der Waals surface area contributed by atoms with Crippen LogP contribution in [0.5, 0.6) is 0 Å². The minimum atomic E-state index is -1.14. The number of hydrogen-bond donors (Lipinski definition) is 3. The van der Waals surface area contributed by atoms with Gasteiger partial charge in [-0.2, -0.15) is 0 Å². The molecule has 0 aromatic heterocycles. The number of ether oxygens (including phenoxy) is 1. The maximum atomic E-state index is 11.7. The molecule has 1 unspecified atom stereocenters. The standard InChI is InChI=1S/C12H16N2O4/c1-18-9(7-13)11(15)14-10(12(16)17)8-5-3-2-4-6-8/h2-6,9-10H,7,13H2,1H3,(H,14,15)(H,16,17)/t9?,10-/m0/s1. The molecular formula is C12H16N2O4. The van der Waals surface area contributed by atoms with E-state index in [-0.39, 0.29) is 6.54 Å². The van der Waals surface area contributed by atoms with Crippen LogP contribution in [0.2, 0.25) is 0 Å². The highest BCUT2D eigenvalue weighted by Gasteiger charge is 2.25. The van der Waals surface area contributed by atoms with Gasteiger partial charge in [0.25, 0.3) is 5.91 Å². The Bertz CT molecular complexity index is 404. The molecule has 98 valence electrons. The van der Waals surface area contributed by atoms with Gasteiger partial charge in [0.2, 0.25) is 0 Å². The molecule has 0 heterocycles. The van der Waals surface area contributed by atoms with E-state index in [2.05, 4.69) is 5.32 Å². The Morgan fingerprint density at radius 1 is 1.39 bits per heavy atom. The minimum absolute atomic E-state index is 0.0105. The van der Waals surface area contributed by atoms with E-state index in [1.54, 1.807) is 30.3 Å². The summed E-state index contributed by atoms with van der Waals surface area (Å²) in [6, 6.07) is 7.32. The molecule has 0 aliphatic rings. The van der Waals surface area contributed by atoms with Crippen molar-refractivity contribution in [3.05, 3.63) is 35.9 Å². The summed E-state index contributed by atoms with van der Waals surface area (Å²) in [6.07, 6.45) is -0.851. The van der Waals surface area contributed by atoms with E-state index < -0.39 is 24.0 Å². The van der Waals surface area contributed by atoms with Crippen LogP contribution >= 0.6 is 0 Å². The Kier molecular flexibility index (Phi) is 5.29. The normalized spacial score (nSPS) is 13.7. The molecule has 6 nitrogen and oxygen atoms in total. The van der Waals surface area contributed by atoms with Crippen LogP contribution in [0.25, 0.3) is 0 Å². The summed E-state index contributed by atoms with van der Waals surface area (Å²) >= 11 is 0. The van der Waals surface area contributed by atoms with E-state index in [4.69, 9.17) is 15.6 Å². The molecule has 0 saturated carbocycles. The average molecular weight is 252 g/mol. The van der Waals surface area contributed by atoms with E-state index in [1.165, 1.54) is 7.11 Å². The first-order valence-electron chi connectivity index (χ1n) is 5.41. The summed E-state index contributed by atoms with van der Waals surface area (Å²) in [5.74, 6) is -1.68. The Morgan fingerprint density at radius 3 is 2.44 bits per heavy atom. The van der Waals surface area contributed by atoms with Crippen molar-refractivity contribution in [3.63, 3.8) is 0 Å². The maximum Gasteiger partial charge on any atom is 0.330 e. The number of carboxylic acid groups (broad SMARTS) is 1. The summed E-state index contributed by atoms with van der Waals surface area (Å²) in [6.45, 7) is -0.0105. The van der Waals surface area contributed by atoms with Crippen molar-refractivity contribution in [1.82, 2.24) is 5.32 Å². The lowest BCUT2D eigenvalue weighted by Crippen LogP contribution is -2.44. The number of benzene rings is 1. The fourth-order valence-corrected chi connectivity index (χ4v) is 1.48. The van der Waals surface area contributed by atoms with Crippen molar-refractivity contribution in [2.75, 3.05) is 13.7 Å². The number of methoxy groups -OCH3 is 1. The van der Waals surface area contributed by atoms with Gasteiger partial charge in [-0.05, 0) is 5.56 Å². The number of nitrogens with two attached hydrogens (primary N) is 1. The molecule has 2 atom stereocenters. The van der Waals surface area contributed by atoms with E-state index in [0.717, 1.165) is 0 Å². The Morgan fingerprint density at radius 2 is 2.00 bits per heavy atom. The molecule has 1 aromatic rings. The molecule has 0 spiro atoms. The molecule has 0 fully saturated rings. The van der Waals surface area contributed by atoms with Crippen molar-refractivity contribution >= 4 is 11.9 Å². The molecule has 0 radical (unpaired) electrons. The lowest BCUT2D eigenvalue weighted by atomic mass is 10.1. The zero-order chi connectivity index (χ0) is 13.5. The maximum absolute atomic E-state index is 11.7. The summed E-state index contributed by atoms with van der Waals surface area (Å²) in [7, 11) is 1.34. The van der Waals surface area contributed by atoms with Crippen molar-refractivity contribution in [1.29, 1.82) is 0 Å². The highest BCUT2D eigenvalue weighted by Crippen LogP contribution is 2.12. The SMILES string of the molecule is COC(CN)C(=O)N[C@H](C(=O)O)c1ccccc1. The smallest absolute Gasteiger partial charge is 0.330 e. The fourth-order valence-electron chi connectivity index (χ4n) is 1.48. The number of carbonyl (C=O) groups is 2. The van der Waals surface area contributed by atoms with Gasteiger partial charge in [-0.15, -0.1) is 0 Å². The second-order valence-corrected chi connectivity index (χ2v) is 3.65. The summed E-state index contributed by atoms with van der Waals surface area (Å²) < 4.78 is 4.85. The first-order valence-corrected chi connectivity index (χ1v) is 5.41. The lowest BCUT2D eigenvalue weighted by Gasteiger charge is -2.18. The van der Waals surface area contributed by atoms with Crippen LogP contribution < -0.4 is 11.1 Å². The van der Waals surface area contributed by atoms with Crippen LogP contribution in [0.1, 0.15) is 11.6 Å². The van der Waals surface area contributed by atoms with Crippen LogP contribution in [0.4, 0.5) is 0 Å². The molecule has 1 aromatic carbocycles. The number of aliphatic carboxylic acids is 1. The number of amides is 1. The predicted molar refractivity (Wildman–Crippen MR) is 64.8 cm³/mol. The van der Waals surface area contributed by atoms with Gasteiger partial charge < -0.3 is 20.9 Å². The van der Waals surface area contributed by atoms with Gasteiger partial charge in [-0.1, -0.05) is 30.3 Å². The number of carbonyl (C=O) groups excluding carboxylic acids is 1.